The van der Waals surface area contributed by atoms with Crippen LogP contribution in [-0.4, -0.2) is 25.7 Å². The first-order valence-corrected chi connectivity index (χ1v) is 10.0. The van der Waals surface area contributed by atoms with E-state index in [1.54, 1.807) is 39.4 Å². The van der Waals surface area contributed by atoms with Crippen LogP contribution in [0.25, 0.3) is 10.2 Å². The van der Waals surface area contributed by atoms with Crippen molar-refractivity contribution in [2.24, 2.45) is 0 Å². The van der Waals surface area contributed by atoms with Gasteiger partial charge >= 0.3 is 0 Å². The first-order valence-electron chi connectivity index (χ1n) is 9.18. The van der Waals surface area contributed by atoms with Crippen molar-refractivity contribution in [2.45, 2.75) is 33.9 Å². The lowest BCUT2D eigenvalue weighted by atomic mass is 10.1. The Balaban J connectivity index is 1.82. The molecule has 7 heteroatoms. The van der Waals surface area contributed by atoms with E-state index in [1.807, 2.05) is 32.0 Å². The molecule has 4 rings (SSSR count). The van der Waals surface area contributed by atoms with Crippen molar-refractivity contribution in [3.8, 4) is 0 Å². The second-order valence-electron chi connectivity index (χ2n) is 6.62. The SMILES string of the molecule is CCn1nccc1C(=O)N(Cc1ccccn1)c1nc2c(C)ccc(C)c2s1. The Morgan fingerprint density at radius 3 is 2.64 bits per heavy atom. The number of aryl methyl sites for hydroxylation is 3. The Labute approximate surface area is 167 Å². The van der Waals surface area contributed by atoms with Crippen molar-refractivity contribution in [3.05, 3.63) is 71.3 Å². The summed E-state index contributed by atoms with van der Waals surface area (Å²) in [5.41, 5.74) is 4.57. The van der Waals surface area contributed by atoms with Gasteiger partial charge in [-0.2, -0.15) is 5.10 Å². The Morgan fingerprint density at radius 2 is 1.93 bits per heavy atom. The lowest BCUT2D eigenvalue weighted by Gasteiger charge is -2.19. The average Bonchev–Trinajstić information content (AvgIpc) is 3.37. The fourth-order valence-electron chi connectivity index (χ4n) is 3.15. The summed E-state index contributed by atoms with van der Waals surface area (Å²) in [5.74, 6) is -0.126. The highest BCUT2D eigenvalue weighted by molar-refractivity contribution is 7.22. The Bertz CT molecular complexity index is 1090. The molecular formula is C21H21N5OS. The molecule has 142 valence electrons. The molecule has 0 aliphatic carbocycles. The summed E-state index contributed by atoms with van der Waals surface area (Å²) in [4.78, 5) is 24.4. The molecule has 0 radical (unpaired) electrons. The number of carbonyl (C=O) groups excluding carboxylic acids is 1. The van der Waals surface area contributed by atoms with Crippen molar-refractivity contribution in [3.63, 3.8) is 0 Å². The van der Waals surface area contributed by atoms with Gasteiger partial charge in [-0.3, -0.25) is 19.4 Å². The zero-order valence-electron chi connectivity index (χ0n) is 16.1. The van der Waals surface area contributed by atoms with Crippen molar-refractivity contribution >= 4 is 32.6 Å². The van der Waals surface area contributed by atoms with Gasteiger partial charge in [0.15, 0.2) is 5.13 Å². The second kappa shape index (κ2) is 7.52. The fraction of sp³-hybridized carbons (Fsp3) is 0.238. The summed E-state index contributed by atoms with van der Waals surface area (Å²) in [7, 11) is 0. The number of hydrogen-bond acceptors (Lipinski definition) is 5. The highest BCUT2D eigenvalue weighted by atomic mass is 32.1. The Hall–Kier alpha value is -3.06. The van der Waals surface area contributed by atoms with Crippen LogP contribution in [0.15, 0.2) is 48.8 Å². The van der Waals surface area contributed by atoms with Crippen LogP contribution in [0, 0.1) is 13.8 Å². The minimum absolute atomic E-state index is 0.126. The summed E-state index contributed by atoms with van der Waals surface area (Å²) in [6.07, 6.45) is 3.39. The molecule has 0 aliphatic heterocycles. The molecule has 0 bridgehead atoms. The van der Waals surface area contributed by atoms with E-state index in [0.717, 1.165) is 27.0 Å². The smallest absolute Gasteiger partial charge is 0.277 e. The second-order valence-corrected chi connectivity index (χ2v) is 7.60. The third-order valence-corrected chi connectivity index (χ3v) is 5.90. The quantitative estimate of drug-likeness (QED) is 0.507. The zero-order chi connectivity index (χ0) is 19.7. The molecule has 4 aromatic rings. The van der Waals surface area contributed by atoms with E-state index < -0.39 is 0 Å². The minimum atomic E-state index is -0.126. The molecule has 0 unspecified atom stereocenters. The maximum atomic E-state index is 13.4. The first-order chi connectivity index (χ1) is 13.6. The van der Waals surface area contributed by atoms with Crippen molar-refractivity contribution in [2.75, 3.05) is 4.90 Å². The summed E-state index contributed by atoms with van der Waals surface area (Å²) in [6, 6.07) is 11.6. The first kappa shape index (κ1) is 18.3. The summed E-state index contributed by atoms with van der Waals surface area (Å²) < 4.78 is 2.82. The molecule has 0 N–H and O–H groups in total. The van der Waals surface area contributed by atoms with E-state index in [0.29, 0.717) is 23.9 Å². The molecule has 28 heavy (non-hydrogen) atoms. The maximum absolute atomic E-state index is 13.4. The minimum Gasteiger partial charge on any atom is -0.277 e. The monoisotopic (exact) mass is 391 g/mol. The molecule has 3 heterocycles. The van der Waals surface area contributed by atoms with Gasteiger partial charge in [-0.1, -0.05) is 29.5 Å². The lowest BCUT2D eigenvalue weighted by Crippen LogP contribution is -2.32. The van der Waals surface area contributed by atoms with Gasteiger partial charge < -0.3 is 0 Å². The van der Waals surface area contributed by atoms with Crippen LogP contribution in [0.5, 0.6) is 0 Å². The van der Waals surface area contributed by atoms with E-state index in [9.17, 15) is 4.79 Å². The highest BCUT2D eigenvalue weighted by Gasteiger charge is 2.25. The van der Waals surface area contributed by atoms with Crippen molar-refractivity contribution in [1.82, 2.24) is 19.7 Å². The molecule has 6 nitrogen and oxygen atoms in total. The van der Waals surface area contributed by atoms with E-state index in [2.05, 4.69) is 29.1 Å². The van der Waals surface area contributed by atoms with Gasteiger partial charge in [0.05, 0.1) is 22.5 Å². The van der Waals surface area contributed by atoms with E-state index in [-0.39, 0.29) is 5.91 Å². The van der Waals surface area contributed by atoms with Crippen LogP contribution in [0.1, 0.15) is 34.2 Å². The molecule has 0 spiro atoms. The van der Waals surface area contributed by atoms with E-state index >= 15 is 0 Å². The summed E-state index contributed by atoms with van der Waals surface area (Å²) >= 11 is 1.54. The van der Waals surface area contributed by atoms with Crippen LogP contribution in [-0.2, 0) is 13.1 Å². The Morgan fingerprint density at radius 1 is 1.11 bits per heavy atom. The standard InChI is InChI=1S/C21H21N5OS/c1-4-26-17(10-12-23-26)20(27)25(13-16-7-5-6-11-22-16)21-24-18-14(2)8-9-15(3)19(18)28-21/h5-12H,4,13H2,1-3H3. The van der Waals surface area contributed by atoms with E-state index in [1.165, 1.54) is 0 Å². The number of fused-ring (bicyclic) bond motifs is 1. The molecule has 3 aromatic heterocycles. The molecule has 0 aliphatic rings. The number of nitrogens with zero attached hydrogens (tertiary/aromatic N) is 5. The van der Waals surface area contributed by atoms with Gasteiger partial charge in [0.25, 0.3) is 5.91 Å². The van der Waals surface area contributed by atoms with Gasteiger partial charge in [0, 0.05) is 18.9 Å². The number of hydrogen-bond donors (Lipinski definition) is 0. The molecule has 1 amide bonds. The normalized spacial score (nSPS) is 11.1. The summed E-state index contributed by atoms with van der Waals surface area (Å²) in [5, 5.41) is 4.92. The third kappa shape index (κ3) is 3.29. The predicted octanol–water partition coefficient (Wildman–Crippen LogP) is 4.37. The van der Waals surface area contributed by atoms with Gasteiger partial charge in [0.2, 0.25) is 0 Å². The molecule has 1 aromatic carbocycles. The number of benzene rings is 1. The van der Waals surface area contributed by atoms with Crippen molar-refractivity contribution < 1.29 is 4.79 Å². The molecule has 0 saturated carbocycles. The lowest BCUT2D eigenvalue weighted by molar-refractivity contribution is 0.0974. The third-order valence-electron chi connectivity index (χ3n) is 4.69. The zero-order valence-corrected chi connectivity index (χ0v) is 16.9. The number of anilines is 1. The molecule has 0 fully saturated rings. The molecule has 0 atom stereocenters. The van der Waals surface area contributed by atoms with Gasteiger partial charge in [-0.05, 0) is 50.1 Å². The van der Waals surface area contributed by atoms with E-state index in [4.69, 9.17) is 4.98 Å². The molecular weight excluding hydrogens is 370 g/mol. The molecule has 0 saturated heterocycles. The van der Waals surface area contributed by atoms with Crippen LogP contribution < -0.4 is 4.90 Å². The number of pyridine rings is 1. The number of aromatic nitrogens is 4. The largest absolute Gasteiger partial charge is 0.278 e. The van der Waals surface area contributed by atoms with Gasteiger partial charge in [-0.25, -0.2) is 4.98 Å². The van der Waals surface area contributed by atoms with Crippen LogP contribution in [0.2, 0.25) is 0 Å². The number of carbonyl (C=O) groups is 1. The fourth-order valence-corrected chi connectivity index (χ4v) is 4.26. The van der Waals surface area contributed by atoms with Crippen LogP contribution in [0.4, 0.5) is 5.13 Å². The van der Waals surface area contributed by atoms with Gasteiger partial charge in [-0.15, -0.1) is 0 Å². The van der Waals surface area contributed by atoms with Crippen LogP contribution in [0.3, 0.4) is 0 Å². The average molecular weight is 392 g/mol. The highest BCUT2D eigenvalue weighted by Crippen LogP contribution is 2.34. The predicted molar refractivity (Wildman–Crippen MR) is 112 cm³/mol. The maximum Gasteiger partial charge on any atom is 0.278 e. The summed E-state index contributed by atoms with van der Waals surface area (Å²) in [6.45, 7) is 7.07. The number of rotatable bonds is 5. The van der Waals surface area contributed by atoms with Crippen molar-refractivity contribution in [1.29, 1.82) is 0 Å². The topological polar surface area (TPSA) is 63.9 Å². The van der Waals surface area contributed by atoms with Crippen LogP contribution >= 0.6 is 11.3 Å². The van der Waals surface area contributed by atoms with Gasteiger partial charge in [0.1, 0.15) is 5.69 Å². The number of amides is 1. The number of thiazole rings is 1. The Kier molecular flexibility index (Phi) is 4.92.